The van der Waals surface area contributed by atoms with E-state index in [4.69, 9.17) is 42.6 Å². The number of hydrogen-bond acceptors (Lipinski definition) is 11. The van der Waals surface area contributed by atoms with E-state index < -0.39 is 29.3 Å². The standard InChI is InChI=1S/C51H80O11/c1-35(2)47-36(3)25-26-37(52)27-39-29-41(58-49(6,7)56-39)31-43-33-45(62-51(10,11)60-43)34-44-32-42(59-50(8,9)61-44)30-40-28-38(55-48(4,5)57-40)23-21-19-17-15-13-12-14-16-18-20-22-24-46(53)54-47/h12-22,24,35-45,47,52H,23,25-34H2,1-11H3/b13-12-,16-14-,17-15-,20-18-,21-19-,24-22+/t36-,37-,38+,39-,40-,41-,42-,43+,44-,45-,47-/m0/s1. The van der Waals surface area contributed by atoms with Crippen molar-refractivity contribution < 1.29 is 52.5 Å². The maximum atomic E-state index is 12.8. The molecular weight excluding hydrogens is 789 g/mol. The molecule has 0 aliphatic carbocycles. The number of allylic oxidation sites excluding steroid dienone is 10. The number of aliphatic hydroxyl groups is 1. The molecule has 4 saturated heterocycles. The van der Waals surface area contributed by atoms with Crippen LogP contribution < -0.4 is 0 Å². The topological polar surface area (TPSA) is 120 Å². The van der Waals surface area contributed by atoms with Gasteiger partial charge in [-0.1, -0.05) is 87.6 Å². The highest BCUT2D eigenvalue weighted by Gasteiger charge is 2.45. The minimum atomic E-state index is -0.810. The zero-order valence-corrected chi connectivity index (χ0v) is 39.7. The van der Waals surface area contributed by atoms with Gasteiger partial charge in [-0.2, -0.15) is 0 Å². The van der Waals surface area contributed by atoms with E-state index in [1.165, 1.54) is 6.08 Å². The molecule has 8 bridgehead atoms. The summed E-state index contributed by atoms with van der Waals surface area (Å²) in [6, 6.07) is 0. The molecule has 0 aromatic rings. The predicted molar refractivity (Wildman–Crippen MR) is 241 cm³/mol. The number of esters is 1. The highest BCUT2D eigenvalue weighted by atomic mass is 16.7. The van der Waals surface area contributed by atoms with E-state index in [-0.39, 0.29) is 72.7 Å². The number of aliphatic hydroxyl groups excluding tert-OH is 1. The second-order valence-electron chi connectivity index (χ2n) is 20.3. The second-order valence-corrected chi connectivity index (χ2v) is 20.3. The van der Waals surface area contributed by atoms with Gasteiger partial charge in [0.1, 0.15) is 6.10 Å². The van der Waals surface area contributed by atoms with E-state index in [0.717, 1.165) is 32.1 Å². The lowest BCUT2D eigenvalue weighted by atomic mass is 9.88. The lowest BCUT2D eigenvalue weighted by molar-refractivity contribution is -0.339. The average Bonchev–Trinajstić information content (AvgIpc) is 3.11. The Morgan fingerprint density at radius 3 is 1.19 bits per heavy atom. The Morgan fingerprint density at radius 1 is 0.484 bits per heavy atom. The SMILES string of the molecule is CC(C)[C@@H]1OC(=O)/C=C/C=C\C=C/C=C\C=C/C=C\C[C@@H]2C[C@@H](C[C@H]3C[C@@H](C[C@@H]4C[C@@H](C[C@@H]5C[C@H](C[C@@H](O)CC[C@@H]1C)OC(C)(C)O5)OC(C)(C)O4)OC(C)(C)O3)OC(C)(C)O2. The van der Waals surface area contributed by atoms with Crippen LogP contribution in [0.1, 0.15) is 147 Å². The highest BCUT2D eigenvalue weighted by molar-refractivity contribution is 5.82. The summed E-state index contributed by atoms with van der Waals surface area (Å²) < 4.78 is 57.8. The number of fused-ring (bicyclic) bond motifs is 8. The summed E-state index contributed by atoms with van der Waals surface area (Å²) in [6.07, 6.45) is 29.0. The third-order valence-corrected chi connectivity index (χ3v) is 12.0. The molecule has 62 heavy (non-hydrogen) atoms. The molecule has 1 N–H and O–H groups in total. The van der Waals surface area contributed by atoms with Crippen molar-refractivity contribution in [3.63, 3.8) is 0 Å². The molecule has 350 valence electrons. The van der Waals surface area contributed by atoms with Gasteiger partial charge in [0.15, 0.2) is 23.1 Å². The number of hydrogen-bond donors (Lipinski definition) is 1. The molecule has 0 unspecified atom stereocenters. The van der Waals surface area contributed by atoms with Crippen LogP contribution in [0, 0.1) is 11.8 Å². The van der Waals surface area contributed by atoms with Gasteiger partial charge in [0, 0.05) is 51.0 Å². The van der Waals surface area contributed by atoms with Gasteiger partial charge < -0.3 is 47.7 Å². The van der Waals surface area contributed by atoms with Crippen molar-refractivity contribution in [1.29, 1.82) is 0 Å². The molecule has 5 aliphatic rings. The molecule has 5 heterocycles. The average molecular weight is 869 g/mol. The summed E-state index contributed by atoms with van der Waals surface area (Å²) in [6.45, 7) is 22.0. The number of carbonyl (C=O) groups excluding carboxylic acids is 1. The summed E-state index contributed by atoms with van der Waals surface area (Å²) >= 11 is 0. The molecule has 5 rings (SSSR count). The molecule has 0 saturated carbocycles. The van der Waals surface area contributed by atoms with E-state index in [9.17, 15) is 9.90 Å². The molecule has 11 heteroatoms. The molecule has 11 atom stereocenters. The van der Waals surface area contributed by atoms with Gasteiger partial charge in [-0.05, 0) is 92.9 Å². The van der Waals surface area contributed by atoms with Crippen molar-refractivity contribution >= 4 is 5.97 Å². The van der Waals surface area contributed by atoms with E-state index in [0.29, 0.717) is 38.5 Å². The van der Waals surface area contributed by atoms with Gasteiger partial charge in [-0.25, -0.2) is 4.79 Å². The number of carbonyl (C=O) groups is 1. The van der Waals surface area contributed by atoms with Gasteiger partial charge in [0.25, 0.3) is 0 Å². The molecule has 0 radical (unpaired) electrons. The van der Waals surface area contributed by atoms with E-state index >= 15 is 0 Å². The Kier molecular flexibility index (Phi) is 18.5. The van der Waals surface area contributed by atoms with Crippen LogP contribution in [0.3, 0.4) is 0 Å². The van der Waals surface area contributed by atoms with Gasteiger partial charge in [-0.15, -0.1) is 0 Å². The zero-order valence-electron chi connectivity index (χ0n) is 39.7. The fourth-order valence-corrected chi connectivity index (χ4v) is 9.99. The number of rotatable bonds is 1. The summed E-state index contributed by atoms with van der Waals surface area (Å²) in [7, 11) is 0. The third-order valence-electron chi connectivity index (χ3n) is 12.0. The summed E-state index contributed by atoms with van der Waals surface area (Å²) in [5, 5.41) is 11.3. The summed E-state index contributed by atoms with van der Waals surface area (Å²) in [5.74, 6) is -3.23. The van der Waals surface area contributed by atoms with E-state index in [2.05, 4.69) is 32.9 Å². The van der Waals surface area contributed by atoms with Crippen molar-refractivity contribution in [1.82, 2.24) is 0 Å². The van der Waals surface area contributed by atoms with Crippen LogP contribution in [-0.4, -0.2) is 95.3 Å². The van der Waals surface area contributed by atoms with Crippen molar-refractivity contribution in [2.75, 3.05) is 0 Å². The lowest BCUT2D eigenvalue weighted by Gasteiger charge is -2.47. The lowest BCUT2D eigenvalue weighted by Crippen LogP contribution is -2.52. The van der Waals surface area contributed by atoms with Crippen LogP contribution in [0.5, 0.6) is 0 Å². The Morgan fingerprint density at radius 2 is 0.806 bits per heavy atom. The van der Waals surface area contributed by atoms with E-state index in [1.807, 2.05) is 97.9 Å². The van der Waals surface area contributed by atoms with Crippen LogP contribution in [0.4, 0.5) is 0 Å². The normalized spacial score (nSPS) is 40.8. The monoisotopic (exact) mass is 869 g/mol. The maximum Gasteiger partial charge on any atom is 0.331 e. The van der Waals surface area contributed by atoms with E-state index in [1.54, 1.807) is 12.2 Å². The molecule has 0 spiro atoms. The summed E-state index contributed by atoms with van der Waals surface area (Å²) in [4.78, 5) is 12.8. The Labute approximate surface area is 373 Å². The third kappa shape index (κ3) is 17.5. The minimum Gasteiger partial charge on any atom is -0.459 e. The number of ether oxygens (including phenoxy) is 9. The molecular formula is C51H80O11. The van der Waals surface area contributed by atoms with Crippen LogP contribution in [0.25, 0.3) is 0 Å². The first-order valence-electron chi connectivity index (χ1n) is 23.4. The Hall–Kier alpha value is -2.45. The summed E-state index contributed by atoms with van der Waals surface area (Å²) in [5.41, 5.74) is 0. The first kappa shape index (κ1) is 50.5. The van der Waals surface area contributed by atoms with Crippen LogP contribution in [0.2, 0.25) is 0 Å². The predicted octanol–water partition coefficient (Wildman–Crippen LogP) is 10.3. The Balaban J connectivity index is 1.30. The molecule has 0 aromatic heterocycles. The molecule has 0 amide bonds. The quantitative estimate of drug-likeness (QED) is 0.254. The van der Waals surface area contributed by atoms with Crippen molar-refractivity contribution in [2.45, 2.75) is 231 Å². The molecule has 4 fully saturated rings. The maximum absolute atomic E-state index is 12.8. The Bertz CT molecular complexity index is 1590. The van der Waals surface area contributed by atoms with Crippen LogP contribution in [0.15, 0.2) is 72.9 Å². The largest absolute Gasteiger partial charge is 0.459 e. The van der Waals surface area contributed by atoms with Gasteiger partial charge in [-0.3, -0.25) is 0 Å². The fourth-order valence-electron chi connectivity index (χ4n) is 9.99. The second kappa shape index (κ2) is 22.6. The molecule has 0 aromatic carbocycles. The highest BCUT2D eigenvalue weighted by Crippen LogP contribution is 2.40. The van der Waals surface area contributed by atoms with Crippen molar-refractivity contribution in [3.05, 3.63) is 72.9 Å². The first-order valence-corrected chi connectivity index (χ1v) is 23.4. The van der Waals surface area contributed by atoms with Crippen LogP contribution in [-0.2, 0) is 47.4 Å². The zero-order chi connectivity index (χ0) is 45.1. The first-order chi connectivity index (χ1) is 29.1. The number of cyclic esters (lactones) is 1. The molecule has 11 nitrogen and oxygen atoms in total. The van der Waals surface area contributed by atoms with Gasteiger partial charge >= 0.3 is 5.97 Å². The van der Waals surface area contributed by atoms with Crippen molar-refractivity contribution in [2.24, 2.45) is 11.8 Å². The van der Waals surface area contributed by atoms with Crippen molar-refractivity contribution in [3.8, 4) is 0 Å². The minimum absolute atomic E-state index is 0.0193. The van der Waals surface area contributed by atoms with Gasteiger partial charge in [0.05, 0.1) is 54.9 Å². The van der Waals surface area contributed by atoms with Gasteiger partial charge in [0.2, 0.25) is 0 Å². The van der Waals surface area contributed by atoms with Crippen LogP contribution >= 0.6 is 0 Å². The smallest absolute Gasteiger partial charge is 0.331 e. The molecule has 5 aliphatic heterocycles. The fraction of sp³-hybridized carbons (Fsp3) is 0.745.